The second-order valence-corrected chi connectivity index (χ2v) is 3.79. The SMILES string of the molecule is NC[C@H]1NCCc2sccc21. The lowest BCUT2D eigenvalue weighted by molar-refractivity contribution is 0.518. The molecule has 0 unspecified atom stereocenters. The minimum atomic E-state index is 0.407. The Balaban J connectivity index is 2.32. The van der Waals surface area contributed by atoms with Gasteiger partial charge >= 0.3 is 0 Å². The lowest BCUT2D eigenvalue weighted by Crippen LogP contribution is -2.33. The van der Waals surface area contributed by atoms with Crippen molar-refractivity contribution in [3.8, 4) is 0 Å². The van der Waals surface area contributed by atoms with Crippen LogP contribution in [0, 0.1) is 0 Å². The molecule has 2 heterocycles. The number of hydrogen-bond donors (Lipinski definition) is 2. The van der Waals surface area contributed by atoms with E-state index in [1.807, 2.05) is 11.3 Å². The summed E-state index contributed by atoms with van der Waals surface area (Å²) in [7, 11) is 0. The van der Waals surface area contributed by atoms with Gasteiger partial charge in [-0.05, 0) is 23.4 Å². The zero-order valence-corrected chi connectivity index (χ0v) is 7.16. The number of hydrogen-bond acceptors (Lipinski definition) is 3. The maximum Gasteiger partial charge on any atom is 0.0455 e. The van der Waals surface area contributed by atoms with Crippen molar-refractivity contribution < 1.29 is 0 Å². The van der Waals surface area contributed by atoms with Crippen LogP contribution in [0.1, 0.15) is 16.5 Å². The molecule has 3 N–H and O–H groups in total. The second-order valence-electron chi connectivity index (χ2n) is 2.79. The Morgan fingerprint density at radius 3 is 3.45 bits per heavy atom. The van der Waals surface area contributed by atoms with Gasteiger partial charge in [-0.2, -0.15) is 0 Å². The Labute approximate surface area is 70.4 Å². The zero-order chi connectivity index (χ0) is 7.68. The molecule has 0 radical (unpaired) electrons. The first-order valence-corrected chi connectivity index (χ1v) is 4.79. The summed E-state index contributed by atoms with van der Waals surface area (Å²) in [5.74, 6) is 0. The van der Waals surface area contributed by atoms with E-state index in [0.717, 1.165) is 6.54 Å². The molecule has 0 amide bonds. The van der Waals surface area contributed by atoms with Crippen LogP contribution in [-0.4, -0.2) is 13.1 Å². The van der Waals surface area contributed by atoms with Crippen LogP contribution in [0.4, 0.5) is 0 Å². The lowest BCUT2D eigenvalue weighted by atomic mass is 10.0. The van der Waals surface area contributed by atoms with Crippen molar-refractivity contribution in [3.63, 3.8) is 0 Å². The summed E-state index contributed by atoms with van der Waals surface area (Å²) < 4.78 is 0. The van der Waals surface area contributed by atoms with Crippen LogP contribution in [0.15, 0.2) is 11.4 Å². The van der Waals surface area contributed by atoms with Crippen molar-refractivity contribution in [2.75, 3.05) is 13.1 Å². The number of rotatable bonds is 1. The number of fused-ring (bicyclic) bond motifs is 1. The number of nitrogens with one attached hydrogen (secondary N) is 1. The molecule has 0 saturated heterocycles. The summed E-state index contributed by atoms with van der Waals surface area (Å²) in [5.41, 5.74) is 7.04. The van der Waals surface area contributed by atoms with Crippen molar-refractivity contribution in [3.05, 3.63) is 21.9 Å². The third kappa shape index (κ3) is 1.20. The van der Waals surface area contributed by atoms with E-state index in [1.54, 1.807) is 0 Å². The summed E-state index contributed by atoms with van der Waals surface area (Å²) in [6.07, 6.45) is 1.17. The minimum Gasteiger partial charge on any atom is -0.329 e. The Morgan fingerprint density at radius 1 is 1.73 bits per heavy atom. The molecule has 60 valence electrons. The molecular formula is C8H12N2S. The van der Waals surface area contributed by atoms with Crippen LogP contribution in [0.2, 0.25) is 0 Å². The summed E-state index contributed by atoms with van der Waals surface area (Å²) in [6.45, 7) is 1.79. The fourth-order valence-corrected chi connectivity index (χ4v) is 2.49. The molecule has 2 nitrogen and oxygen atoms in total. The summed E-state index contributed by atoms with van der Waals surface area (Å²) in [6, 6.07) is 2.59. The number of nitrogens with two attached hydrogens (primary N) is 1. The number of thiophene rings is 1. The van der Waals surface area contributed by atoms with Crippen LogP contribution >= 0.6 is 11.3 Å². The van der Waals surface area contributed by atoms with E-state index in [2.05, 4.69) is 16.8 Å². The van der Waals surface area contributed by atoms with Crippen molar-refractivity contribution in [2.45, 2.75) is 12.5 Å². The first-order valence-electron chi connectivity index (χ1n) is 3.91. The molecule has 1 aliphatic rings. The van der Waals surface area contributed by atoms with E-state index in [0.29, 0.717) is 12.6 Å². The van der Waals surface area contributed by atoms with Crippen molar-refractivity contribution >= 4 is 11.3 Å². The second kappa shape index (κ2) is 2.93. The van der Waals surface area contributed by atoms with Gasteiger partial charge in [-0.3, -0.25) is 0 Å². The molecule has 3 heteroatoms. The summed E-state index contributed by atoms with van der Waals surface area (Å²) in [4.78, 5) is 1.51. The van der Waals surface area contributed by atoms with Crippen LogP contribution in [0.5, 0.6) is 0 Å². The van der Waals surface area contributed by atoms with Crippen LogP contribution in [-0.2, 0) is 6.42 Å². The topological polar surface area (TPSA) is 38.0 Å². The van der Waals surface area contributed by atoms with Gasteiger partial charge in [0, 0.05) is 24.0 Å². The third-order valence-electron chi connectivity index (χ3n) is 2.13. The predicted octanol–water partition coefficient (Wildman–Crippen LogP) is 0.894. The monoisotopic (exact) mass is 168 g/mol. The van der Waals surface area contributed by atoms with Gasteiger partial charge in [0.25, 0.3) is 0 Å². The molecule has 0 fully saturated rings. The smallest absolute Gasteiger partial charge is 0.0455 e. The molecule has 11 heavy (non-hydrogen) atoms. The largest absolute Gasteiger partial charge is 0.329 e. The lowest BCUT2D eigenvalue weighted by Gasteiger charge is -2.22. The molecule has 1 aromatic rings. The highest BCUT2D eigenvalue weighted by Crippen LogP contribution is 2.26. The Bertz CT molecular complexity index is 244. The molecule has 0 aliphatic carbocycles. The molecular weight excluding hydrogens is 156 g/mol. The van der Waals surface area contributed by atoms with E-state index in [1.165, 1.54) is 16.9 Å². The van der Waals surface area contributed by atoms with Crippen LogP contribution in [0.3, 0.4) is 0 Å². The maximum absolute atomic E-state index is 5.62. The molecule has 1 aromatic heterocycles. The van der Waals surface area contributed by atoms with Gasteiger partial charge in [-0.15, -0.1) is 11.3 Å². The standard InChI is InChI=1S/C8H12N2S/c9-5-7-6-2-4-11-8(6)1-3-10-7/h2,4,7,10H,1,3,5,9H2/t7-/m1/s1. The normalized spacial score (nSPS) is 23.2. The molecule has 0 aromatic carbocycles. The summed E-state index contributed by atoms with van der Waals surface area (Å²) >= 11 is 1.85. The first kappa shape index (κ1) is 7.28. The van der Waals surface area contributed by atoms with E-state index in [4.69, 9.17) is 5.73 Å². The predicted molar refractivity (Wildman–Crippen MR) is 47.8 cm³/mol. The van der Waals surface area contributed by atoms with E-state index >= 15 is 0 Å². The molecule has 1 aliphatic heterocycles. The van der Waals surface area contributed by atoms with Crippen LogP contribution < -0.4 is 11.1 Å². The van der Waals surface area contributed by atoms with Gasteiger partial charge in [0.2, 0.25) is 0 Å². The average molecular weight is 168 g/mol. The highest BCUT2D eigenvalue weighted by atomic mass is 32.1. The third-order valence-corrected chi connectivity index (χ3v) is 3.13. The molecule has 2 rings (SSSR count). The van der Waals surface area contributed by atoms with Gasteiger partial charge < -0.3 is 11.1 Å². The van der Waals surface area contributed by atoms with E-state index in [9.17, 15) is 0 Å². The van der Waals surface area contributed by atoms with Crippen molar-refractivity contribution in [1.82, 2.24) is 5.32 Å². The quantitative estimate of drug-likeness (QED) is 0.653. The Hall–Kier alpha value is -0.380. The van der Waals surface area contributed by atoms with Gasteiger partial charge in [0.05, 0.1) is 0 Å². The molecule has 0 saturated carbocycles. The first-order chi connectivity index (χ1) is 5.42. The highest BCUT2D eigenvalue weighted by molar-refractivity contribution is 7.10. The van der Waals surface area contributed by atoms with Gasteiger partial charge in [-0.1, -0.05) is 0 Å². The molecule has 0 spiro atoms. The molecule has 1 atom stereocenters. The van der Waals surface area contributed by atoms with Gasteiger partial charge in [0.1, 0.15) is 0 Å². The van der Waals surface area contributed by atoms with Crippen molar-refractivity contribution in [2.24, 2.45) is 5.73 Å². The Morgan fingerprint density at radius 2 is 2.64 bits per heavy atom. The fraction of sp³-hybridized carbons (Fsp3) is 0.500. The van der Waals surface area contributed by atoms with Crippen molar-refractivity contribution in [1.29, 1.82) is 0 Å². The fourth-order valence-electron chi connectivity index (χ4n) is 1.54. The van der Waals surface area contributed by atoms with Gasteiger partial charge in [-0.25, -0.2) is 0 Å². The average Bonchev–Trinajstić information content (AvgIpc) is 2.50. The van der Waals surface area contributed by atoms with E-state index in [-0.39, 0.29) is 0 Å². The van der Waals surface area contributed by atoms with E-state index < -0.39 is 0 Å². The molecule has 0 bridgehead atoms. The summed E-state index contributed by atoms with van der Waals surface area (Å²) in [5, 5.41) is 5.55. The van der Waals surface area contributed by atoms with Gasteiger partial charge in [0.15, 0.2) is 0 Å². The minimum absolute atomic E-state index is 0.407. The highest BCUT2D eigenvalue weighted by Gasteiger charge is 2.18. The maximum atomic E-state index is 5.62. The van der Waals surface area contributed by atoms with Crippen LogP contribution in [0.25, 0.3) is 0 Å². The zero-order valence-electron chi connectivity index (χ0n) is 6.34. The Kier molecular flexibility index (Phi) is 1.94.